The molecule has 0 unspecified atom stereocenters. The molecule has 0 aromatic rings. The molecular weight excluding hydrogens is 172 g/mol. The molecule has 0 saturated heterocycles. The van der Waals surface area contributed by atoms with Crippen molar-refractivity contribution in [3.63, 3.8) is 0 Å². The summed E-state index contributed by atoms with van der Waals surface area (Å²) in [5, 5.41) is 11.6. The minimum Gasteiger partial charge on any atom is -0.872 e. The second-order valence-corrected chi connectivity index (χ2v) is 3.59. The summed E-state index contributed by atoms with van der Waals surface area (Å²) in [6.45, 7) is 0. The van der Waals surface area contributed by atoms with E-state index in [0.29, 0.717) is 0 Å². The van der Waals surface area contributed by atoms with Gasteiger partial charge in [0.25, 0.3) is 0 Å². The van der Waals surface area contributed by atoms with Crippen LogP contribution in [0.25, 0.3) is 0 Å². The Morgan fingerprint density at radius 2 is 1.57 bits per heavy atom. The maximum Gasteiger partial charge on any atom is 0.0204 e. The van der Waals surface area contributed by atoms with Crippen molar-refractivity contribution >= 4 is 0 Å². The highest BCUT2D eigenvalue weighted by atomic mass is 16.3. The van der Waals surface area contributed by atoms with Crippen molar-refractivity contribution in [3.8, 4) is 0 Å². The maximum atomic E-state index is 11.6. The van der Waals surface area contributed by atoms with Crippen LogP contribution in [0.1, 0.15) is 0 Å². The second-order valence-electron chi connectivity index (χ2n) is 3.59. The first-order valence-electron chi connectivity index (χ1n) is 4.74. The summed E-state index contributed by atoms with van der Waals surface area (Å²) < 4.78 is 0. The van der Waals surface area contributed by atoms with Gasteiger partial charge in [-0.3, -0.25) is 0 Å². The molecule has 0 atom stereocenters. The topological polar surface area (TPSA) is 23.1 Å². The van der Waals surface area contributed by atoms with Crippen molar-refractivity contribution in [1.29, 1.82) is 0 Å². The van der Waals surface area contributed by atoms with E-state index in [1.165, 1.54) is 0 Å². The van der Waals surface area contributed by atoms with Crippen molar-refractivity contribution in [2.24, 2.45) is 5.92 Å². The fourth-order valence-electron chi connectivity index (χ4n) is 1.95. The third-order valence-electron chi connectivity index (χ3n) is 2.71. The Morgan fingerprint density at radius 1 is 0.929 bits per heavy atom. The van der Waals surface area contributed by atoms with Crippen molar-refractivity contribution < 1.29 is 5.11 Å². The lowest BCUT2D eigenvalue weighted by atomic mass is 10.1. The number of rotatable bonds is 1. The minimum absolute atomic E-state index is 0.229. The van der Waals surface area contributed by atoms with Gasteiger partial charge < -0.3 is 5.11 Å². The van der Waals surface area contributed by atoms with E-state index in [-0.39, 0.29) is 11.7 Å². The fraction of sp³-hybridized carbons (Fsp3) is 0.0769. The smallest absolute Gasteiger partial charge is 0.0204 e. The summed E-state index contributed by atoms with van der Waals surface area (Å²) in [7, 11) is 0. The molecule has 0 spiro atoms. The molecule has 1 nitrogen and oxygen atoms in total. The quantitative estimate of drug-likeness (QED) is 0.604. The zero-order valence-electron chi connectivity index (χ0n) is 7.60. The molecule has 0 amide bonds. The van der Waals surface area contributed by atoms with Crippen LogP contribution >= 0.6 is 0 Å². The van der Waals surface area contributed by atoms with Crippen molar-refractivity contribution in [3.05, 3.63) is 71.1 Å². The predicted octanol–water partition coefficient (Wildman–Crippen LogP) is 1.78. The average Bonchev–Trinajstić information content (AvgIpc) is 2.76. The van der Waals surface area contributed by atoms with Crippen LogP contribution < -0.4 is 5.11 Å². The van der Waals surface area contributed by atoms with Gasteiger partial charge in [-0.05, 0) is 16.7 Å². The molecule has 3 aliphatic carbocycles. The summed E-state index contributed by atoms with van der Waals surface area (Å²) in [5.74, 6) is 0.463. The van der Waals surface area contributed by atoms with E-state index in [0.717, 1.165) is 16.7 Å². The van der Waals surface area contributed by atoms with Gasteiger partial charge >= 0.3 is 0 Å². The molecule has 0 radical (unpaired) electrons. The van der Waals surface area contributed by atoms with Gasteiger partial charge in [0.05, 0.1) is 0 Å². The first-order chi connectivity index (χ1) is 6.88. The largest absolute Gasteiger partial charge is 0.872 e. The lowest BCUT2D eigenvalue weighted by Crippen LogP contribution is -1.90. The van der Waals surface area contributed by atoms with Crippen LogP contribution in [0.5, 0.6) is 0 Å². The number of hydrogen-bond acceptors (Lipinski definition) is 1. The van der Waals surface area contributed by atoms with Gasteiger partial charge in [-0.1, -0.05) is 54.4 Å². The summed E-state index contributed by atoms with van der Waals surface area (Å²) in [6.07, 6.45) is 16.0. The van der Waals surface area contributed by atoms with Crippen LogP contribution in [0.3, 0.4) is 0 Å². The van der Waals surface area contributed by atoms with Gasteiger partial charge in [0.2, 0.25) is 0 Å². The first-order valence-corrected chi connectivity index (χ1v) is 4.74. The van der Waals surface area contributed by atoms with Crippen molar-refractivity contribution in [2.45, 2.75) is 0 Å². The lowest BCUT2D eigenvalue weighted by Gasteiger charge is -1.98. The number of hydrogen-bond donors (Lipinski definition) is 0. The van der Waals surface area contributed by atoms with Crippen LogP contribution in [0, 0.1) is 5.92 Å². The molecule has 14 heavy (non-hydrogen) atoms. The van der Waals surface area contributed by atoms with Gasteiger partial charge in [-0.15, -0.1) is 0 Å². The monoisotopic (exact) mass is 181 g/mol. The van der Waals surface area contributed by atoms with Gasteiger partial charge in [-0.25, -0.2) is 0 Å². The van der Waals surface area contributed by atoms with Crippen molar-refractivity contribution in [2.75, 3.05) is 0 Å². The van der Waals surface area contributed by atoms with E-state index in [4.69, 9.17) is 0 Å². The SMILES string of the molecule is [O-]C1=C(C2C=CC=C2)C1=C1C=CC=C1. The van der Waals surface area contributed by atoms with E-state index in [2.05, 4.69) is 12.2 Å². The highest BCUT2D eigenvalue weighted by Crippen LogP contribution is 2.45. The highest BCUT2D eigenvalue weighted by Gasteiger charge is 2.28. The summed E-state index contributed by atoms with van der Waals surface area (Å²) in [6, 6.07) is 0. The maximum absolute atomic E-state index is 11.6. The normalized spacial score (nSPS) is 23.4. The Morgan fingerprint density at radius 3 is 2.21 bits per heavy atom. The Labute approximate surface area is 82.8 Å². The van der Waals surface area contributed by atoms with Crippen LogP contribution in [0.15, 0.2) is 71.1 Å². The summed E-state index contributed by atoms with van der Waals surface area (Å²) in [5.41, 5.74) is 2.97. The molecule has 0 bridgehead atoms. The van der Waals surface area contributed by atoms with Crippen LogP contribution in [-0.2, 0) is 0 Å². The predicted molar refractivity (Wildman–Crippen MR) is 54.1 cm³/mol. The highest BCUT2D eigenvalue weighted by molar-refractivity contribution is 5.71. The van der Waals surface area contributed by atoms with Gasteiger partial charge in [-0.2, -0.15) is 0 Å². The van der Waals surface area contributed by atoms with Gasteiger partial charge in [0, 0.05) is 5.92 Å². The van der Waals surface area contributed by atoms with E-state index in [1.807, 2.05) is 36.5 Å². The molecule has 3 aliphatic rings. The van der Waals surface area contributed by atoms with Crippen LogP contribution in [0.2, 0.25) is 0 Å². The summed E-state index contributed by atoms with van der Waals surface area (Å²) >= 11 is 0. The molecule has 0 aromatic heterocycles. The zero-order valence-corrected chi connectivity index (χ0v) is 7.60. The molecule has 1 heteroatoms. The molecule has 0 saturated carbocycles. The molecule has 0 heterocycles. The Balaban J connectivity index is 1.94. The molecule has 68 valence electrons. The summed E-state index contributed by atoms with van der Waals surface area (Å²) in [4.78, 5) is 0. The van der Waals surface area contributed by atoms with Crippen molar-refractivity contribution in [1.82, 2.24) is 0 Å². The van der Waals surface area contributed by atoms with E-state index in [1.54, 1.807) is 0 Å². The Hall–Kier alpha value is -1.76. The van der Waals surface area contributed by atoms with Crippen LogP contribution in [-0.4, -0.2) is 0 Å². The molecule has 3 rings (SSSR count). The van der Waals surface area contributed by atoms with Gasteiger partial charge in [0.15, 0.2) is 0 Å². The zero-order chi connectivity index (χ0) is 9.54. The lowest BCUT2D eigenvalue weighted by molar-refractivity contribution is -0.288. The molecule has 0 aliphatic heterocycles. The van der Waals surface area contributed by atoms with E-state index < -0.39 is 0 Å². The van der Waals surface area contributed by atoms with Gasteiger partial charge in [0.1, 0.15) is 0 Å². The van der Waals surface area contributed by atoms with Crippen LogP contribution in [0.4, 0.5) is 0 Å². The first kappa shape index (κ1) is 7.63. The second kappa shape index (κ2) is 2.61. The minimum atomic E-state index is 0.229. The molecule has 0 fully saturated rings. The molecule has 0 N–H and O–H groups in total. The Bertz CT molecular complexity index is 441. The number of allylic oxidation sites excluding steroid dienone is 11. The van der Waals surface area contributed by atoms with E-state index in [9.17, 15) is 5.11 Å². The third-order valence-corrected chi connectivity index (χ3v) is 2.71. The fourth-order valence-corrected chi connectivity index (χ4v) is 1.95. The third kappa shape index (κ3) is 0.956. The Kier molecular flexibility index (Phi) is 1.42. The molecule has 0 aromatic carbocycles. The van der Waals surface area contributed by atoms with E-state index >= 15 is 0 Å². The average molecular weight is 181 g/mol. The molecular formula is C13H9O-. The standard InChI is InChI=1S/C13H10O/c14-13-11(9-5-1-2-6-9)12(13)10-7-3-4-8-10/h1-9,14H/p-1.